The van der Waals surface area contributed by atoms with Gasteiger partial charge in [0.05, 0.1) is 0 Å². The van der Waals surface area contributed by atoms with Gasteiger partial charge in [0, 0.05) is 0 Å². The number of rotatable bonds is 2. The Labute approximate surface area is 94.8 Å². The first-order valence-corrected chi connectivity index (χ1v) is 4.93. The van der Waals surface area contributed by atoms with Gasteiger partial charge >= 0.3 is 0 Å². The van der Waals surface area contributed by atoms with Gasteiger partial charge in [-0.25, -0.2) is 0 Å². The van der Waals surface area contributed by atoms with Gasteiger partial charge in [-0.05, 0) is 17.5 Å². The fourth-order valence-electron chi connectivity index (χ4n) is 1.43. The molecule has 0 N–H and O–H groups in total. The Kier molecular flexibility index (Phi) is 5.24. The molecule has 0 aromatic heterocycles. The molecule has 3 nitrogen and oxygen atoms in total. The summed E-state index contributed by atoms with van der Waals surface area (Å²) in [6.45, 7) is 0. The summed E-state index contributed by atoms with van der Waals surface area (Å²) in [5.74, 6) is 0. The van der Waals surface area contributed by atoms with Crippen LogP contribution in [0.1, 0.15) is 11.1 Å². The van der Waals surface area contributed by atoms with Gasteiger partial charge in [-0.3, -0.25) is 4.91 Å². The third kappa shape index (κ3) is 4.31. The summed E-state index contributed by atoms with van der Waals surface area (Å²) in [5, 5.41) is 0. The zero-order valence-electron chi connectivity index (χ0n) is 8.82. The molecule has 0 saturated heterocycles. The van der Waals surface area contributed by atoms with E-state index in [-0.39, 0.29) is 0 Å². The van der Waals surface area contributed by atoms with Gasteiger partial charge in [0.15, 0.2) is 0 Å². The second kappa shape index (κ2) is 7.10. The van der Waals surface area contributed by atoms with Crippen molar-refractivity contribution in [1.29, 1.82) is 0 Å². The summed E-state index contributed by atoms with van der Waals surface area (Å²) in [6, 6.07) is 21.1. The van der Waals surface area contributed by atoms with Crippen molar-refractivity contribution in [2.24, 2.45) is 0 Å². The maximum absolute atomic E-state index is 6.75. The monoisotopic (exact) mass is 210 g/mol. The first kappa shape index (κ1) is 11.8. The van der Waals surface area contributed by atoms with Crippen molar-refractivity contribution in [3.8, 4) is 0 Å². The van der Waals surface area contributed by atoms with E-state index in [4.69, 9.17) is 11.1 Å². The van der Waals surface area contributed by atoms with Crippen LogP contribution < -0.4 is 0 Å². The smallest absolute Gasteiger partial charge is 0.00258 e. The van der Waals surface area contributed by atoms with Crippen LogP contribution in [-0.2, 0) is 6.42 Å². The van der Waals surface area contributed by atoms with E-state index in [2.05, 4.69) is 60.7 Å². The van der Waals surface area contributed by atoms with Crippen LogP contribution >= 0.6 is 0 Å². The molecule has 0 spiro atoms. The Morgan fingerprint density at radius 2 is 1.00 bits per heavy atom. The van der Waals surface area contributed by atoms with E-state index in [1.165, 1.54) is 16.0 Å². The highest BCUT2D eigenvalue weighted by atomic mass is 15.0. The van der Waals surface area contributed by atoms with Crippen molar-refractivity contribution >= 4 is 0 Å². The topological polar surface area (TPSA) is 58.7 Å². The van der Waals surface area contributed by atoms with Crippen molar-refractivity contribution in [2.75, 3.05) is 0 Å². The van der Waals surface area contributed by atoms with E-state index < -0.39 is 0 Å². The molecule has 0 aliphatic carbocycles. The lowest BCUT2D eigenvalue weighted by atomic mass is 10.1. The van der Waals surface area contributed by atoms with Crippen LogP contribution in [0.2, 0.25) is 0 Å². The van der Waals surface area contributed by atoms with Gasteiger partial charge < -0.3 is 11.1 Å². The fraction of sp³-hybridized carbons (Fsp3) is 0.0769. The van der Waals surface area contributed by atoms with Crippen molar-refractivity contribution < 1.29 is 0 Å². The van der Waals surface area contributed by atoms with Crippen LogP contribution in [0.5, 0.6) is 0 Å². The molecule has 2 aromatic carbocycles. The molecule has 0 aliphatic heterocycles. The maximum atomic E-state index is 6.75. The van der Waals surface area contributed by atoms with Crippen molar-refractivity contribution in [1.82, 2.24) is 0 Å². The molecule has 0 heterocycles. The molecule has 0 radical (unpaired) electrons. The quantitative estimate of drug-likeness (QED) is 0.406. The molecule has 0 fully saturated rings. The third-order valence-corrected chi connectivity index (χ3v) is 2.09. The summed E-state index contributed by atoms with van der Waals surface area (Å²) in [5.41, 5.74) is 16.2. The van der Waals surface area contributed by atoms with Gasteiger partial charge in [0.25, 0.3) is 0 Å². The Morgan fingerprint density at radius 3 is 1.31 bits per heavy atom. The minimum atomic E-state index is 1.03. The van der Waals surface area contributed by atoms with E-state index in [1.54, 1.807) is 0 Å². The summed E-state index contributed by atoms with van der Waals surface area (Å²) < 4.78 is 0. The highest BCUT2D eigenvalue weighted by Crippen LogP contribution is 2.07. The van der Waals surface area contributed by atoms with Crippen LogP contribution in [0.4, 0.5) is 0 Å². The third-order valence-electron chi connectivity index (χ3n) is 2.09. The molecule has 2 aromatic rings. The second-order valence-electron chi connectivity index (χ2n) is 3.24. The maximum Gasteiger partial charge on any atom is -0.00258 e. The van der Waals surface area contributed by atoms with Gasteiger partial charge in [-0.1, -0.05) is 60.7 Å². The van der Waals surface area contributed by atoms with Crippen LogP contribution in [0.3, 0.4) is 0 Å². The van der Waals surface area contributed by atoms with Crippen molar-refractivity contribution in [3.63, 3.8) is 0 Å². The SMILES string of the molecule is [N-]=[N+]=[N-].c1ccc(Cc2ccccc2)cc1. The van der Waals surface area contributed by atoms with Gasteiger partial charge in [-0.2, -0.15) is 0 Å². The van der Waals surface area contributed by atoms with Crippen LogP contribution in [-0.4, -0.2) is 0 Å². The lowest BCUT2D eigenvalue weighted by Crippen LogP contribution is -1.85. The van der Waals surface area contributed by atoms with E-state index in [0.29, 0.717) is 0 Å². The average Bonchev–Trinajstić information content (AvgIpc) is 2.33. The minimum absolute atomic E-state index is 1.03. The number of benzene rings is 2. The fourth-order valence-corrected chi connectivity index (χ4v) is 1.43. The van der Waals surface area contributed by atoms with E-state index >= 15 is 0 Å². The lowest BCUT2D eigenvalue weighted by Gasteiger charge is -2.00. The van der Waals surface area contributed by atoms with E-state index in [1.807, 2.05) is 0 Å². The van der Waals surface area contributed by atoms with Crippen molar-refractivity contribution in [3.05, 3.63) is 87.8 Å². The molecule has 0 saturated carbocycles. The summed E-state index contributed by atoms with van der Waals surface area (Å²) in [4.78, 5) is 1.50. The zero-order chi connectivity index (χ0) is 11.6. The van der Waals surface area contributed by atoms with E-state index in [0.717, 1.165) is 6.42 Å². The van der Waals surface area contributed by atoms with Crippen LogP contribution in [0, 0.1) is 0 Å². The number of nitrogens with zero attached hydrogens (tertiary/aromatic N) is 3. The molecular weight excluding hydrogens is 198 g/mol. The molecule has 0 aliphatic rings. The summed E-state index contributed by atoms with van der Waals surface area (Å²) in [6.07, 6.45) is 1.03. The van der Waals surface area contributed by atoms with Crippen LogP contribution in [0.25, 0.3) is 16.0 Å². The molecule has 3 heteroatoms. The highest BCUT2D eigenvalue weighted by Gasteiger charge is 1.92. The first-order chi connectivity index (χ1) is 7.86. The zero-order valence-corrected chi connectivity index (χ0v) is 8.82. The van der Waals surface area contributed by atoms with Crippen LogP contribution in [0.15, 0.2) is 60.7 Å². The lowest BCUT2D eigenvalue weighted by molar-refractivity contribution is 1.19. The standard InChI is InChI=1S/C13H12.N3/c1-3-7-12(8-4-1)11-13-9-5-2-6-10-13;1-3-2/h1-10H,11H2;/q;-1. The predicted molar refractivity (Wildman–Crippen MR) is 65.8 cm³/mol. The summed E-state index contributed by atoms with van der Waals surface area (Å²) >= 11 is 0. The molecule has 80 valence electrons. The molecule has 16 heavy (non-hydrogen) atoms. The molecule has 0 atom stereocenters. The normalized spacial score (nSPS) is 8.50. The van der Waals surface area contributed by atoms with Gasteiger partial charge in [0.2, 0.25) is 0 Å². The second-order valence-corrected chi connectivity index (χ2v) is 3.24. The number of hydrogen-bond donors (Lipinski definition) is 0. The molecule has 0 amide bonds. The largest absolute Gasteiger partial charge is 0.373 e. The Bertz CT molecular complexity index is 394. The van der Waals surface area contributed by atoms with Gasteiger partial charge in [0.1, 0.15) is 0 Å². The Balaban J connectivity index is 0.000000386. The minimum Gasteiger partial charge on any atom is -0.373 e. The predicted octanol–water partition coefficient (Wildman–Crippen LogP) is 4.14. The number of hydrogen-bond acceptors (Lipinski definition) is 0. The Hall–Kier alpha value is -2.25. The molecule has 2 rings (SSSR count). The van der Waals surface area contributed by atoms with Gasteiger partial charge in [-0.15, -0.1) is 0 Å². The molecular formula is C13H12N3-. The van der Waals surface area contributed by atoms with Crippen molar-refractivity contribution in [2.45, 2.75) is 6.42 Å². The first-order valence-electron chi connectivity index (χ1n) is 4.93. The highest BCUT2D eigenvalue weighted by molar-refractivity contribution is 5.25. The summed E-state index contributed by atoms with van der Waals surface area (Å²) in [7, 11) is 0. The average molecular weight is 210 g/mol. The Morgan fingerprint density at radius 1 is 0.688 bits per heavy atom. The molecule has 0 bridgehead atoms. The molecule has 0 unspecified atom stereocenters. The van der Waals surface area contributed by atoms with E-state index in [9.17, 15) is 0 Å².